The molecular weight excluding hydrogens is 348 g/mol. The molecule has 0 atom stereocenters. The van der Waals surface area contributed by atoms with Gasteiger partial charge in [0.05, 0.1) is 12.5 Å². The predicted octanol–water partition coefficient (Wildman–Crippen LogP) is 3.38. The van der Waals surface area contributed by atoms with Gasteiger partial charge in [0.25, 0.3) is 0 Å². The van der Waals surface area contributed by atoms with Gasteiger partial charge in [-0.05, 0) is 18.4 Å². The van der Waals surface area contributed by atoms with E-state index in [2.05, 4.69) is 44.0 Å². The van der Waals surface area contributed by atoms with Gasteiger partial charge in [0, 0.05) is 5.41 Å². The Morgan fingerprint density at radius 2 is 1.82 bits per heavy atom. The van der Waals surface area contributed by atoms with Crippen molar-refractivity contribution >= 4 is 37.8 Å². The van der Waals surface area contributed by atoms with Crippen LogP contribution in [0, 0.1) is 5.41 Å². The highest BCUT2D eigenvalue weighted by atomic mass is 79.9. The summed E-state index contributed by atoms with van der Waals surface area (Å²) >= 11 is 7.38. The number of halogens is 2. The molecule has 4 rings (SSSR count). The lowest BCUT2D eigenvalue weighted by atomic mass is 9.33. The first-order chi connectivity index (χ1) is 8.00. The van der Waals surface area contributed by atoms with Crippen molar-refractivity contribution in [1.29, 1.82) is 0 Å². The van der Waals surface area contributed by atoms with Gasteiger partial charge in [0.1, 0.15) is 3.23 Å². The van der Waals surface area contributed by atoms with Gasteiger partial charge < -0.3 is 4.74 Å². The van der Waals surface area contributed by atoms with Gasteiger partial charge in [-0.25, -0.2) is 0 Å². The number of methoxy groups -OCH3 is 1. The molecule has 0 aliphatic heterocycles. The Morgan fingerprint density at radius 1 is 1.24 bits per heavy atom. The summed E-state index contributed by atoms with van der Waals surface area (Å²) in [5, 5.41) is 0. The van der Waals surface area contributed by atoms with E-state index < -0.39 is 5.41 Å². The number of esters is 1. The summed E-state index contributed by atoms with van der Waals surface area (Å²) in [7, 11) is 1.45. The SMILES string of the molecule is COC(=O)C12CC(c3ccccc3)(C1)C2(Br)Br. The number of hydrogen-bond donors (Lipinski definition) is 0. The van der Waals surface area contributed by atoms with Crippen LogP contribution in [-0.4, -0.2) is 16.3 Å². The summed E-state index contributed by atoms with van der Waals surface area (Å²) in [6.45, 7) is 0. The predicted molar refractivity (Wildman–Crippen MR) is 72.4 cm³/mol. The van der Waals surface area contributed by atoms with Crippen molar-refractivity contribution in [1.82, 2.24) is 0 Å². The molecule has 90 valence electrons. The Hall–Kier alpha value is -0.350. The van der Waals surface area contributed by atoms with Crippen LogP contribution in [0.1, 0.15) is 18.4 Å². The molecule has 0 aromatic heterocycles. The molecule has 2 nitrogen and oxygen atoms in total. The van der Waals surface area contributed by atoms with Crippen LogP contribution in [0.5, 0.6) is 0 Å². The van der Waals surface area contributed by atoms with E-state index in [9.17, 15) is 4.79 Å². The Morgan fingerprint density at radius 3 is 2.29 bits per heavy atom. The molecule has 1 aromatic rings. The van der Waals surface area contributed by atoms with E-state index in [1.165, 1.54) is 12.7 Å². The highest BCUT2D eigenvalue weighted by Crippen LogP contribution is 2.85. The van der Waals surface area contributed by atoms with Gasteiger partial charge >= 0.3 is 5.97 Å². The Balaban J connectivity index is 1.96. The quantitative estimate of drug-likeness (QED) is 0.597. The summed E-state index contributed by atoms with van der Waals surface area (Å²) in [6.07, 6.45) is 1.71. The van der Waals surface area contributed by atoms with Crippen LogP contribution in [0.4, 0.5) is 0 Å². The van der Waals surface area contributed by atoms with Gasteiger partial charge in [-0.3, -0.25) is 4.79 Å². The highest BCUT2D eigenvalue weighted by molar-refractivity contribution is 9.25. The van der Waals surface area contributed by atoms with Crippen LogP contribution in [0.15, 0.2) is 30.3 Å². The number of benzene rings is 1. The van der Waals surface area contributed by atoms with E-state index in [1.54, 1.807) is 0 Å². The minimum absolute atomic E-state index is 0.0302. The van der Waals surface area contributed by atoms with Gasteiger partial charge in [-0.2, -0.15) is 0 Å². The molecule has 1 aromatic carbocycles. The van der Waals surface area contributed by atoms with Crippen LogP contribution in [0.2, 0.25) is 0 Å². The minimum atomic E-state index is -0.391. The molecule has 3 aliphatic carbocycles. The normalized spacial score (nSPS) is 36.6. The van der Waals surface area contributed by atoms with Crippen LogP contribution in [0.25, 0.3) is 0 Å². The average molecular weight is 360 g/mol. The van der Waals surface area contributed by atoms with Crippen LogP contribution >= 0.6 is 31.9 Å². The fourth-order valence-corrected chi connectivity index (χ4v) is 5.18. The van der Waals surface area contributed by atoms with Gasteiger partial charge in [0.2, 0.25) is 0 Å². The molecule has 17 heavy (non-hydrogen) atoms. The third-order valence-corrected chi connectivity index (χ3v) is 7.35. The first kappa shape index (κ1) is 11.7. The van der Waals surface area contributed by atoms with E-state index in [4.69, 9.17) is 4.74 Å². The molecule has 0 heterocycles. The summed E-state index contributed by atoms with van der Waals surface area (Å²) in [5.41, 5.74) is 0.916. The van der Waals surface area contributed by atoms with Crippen molar-refractivity contribution < 1.29 is 9.53 Å². The summed E-state index contributed by atoms with van der Waals surface area (Å²) in [6, 6.07) is 10.3. The van der Waals surface area contributed by atoms with Crippen LogP contribution < -0.4 is 0 Å². The van der Waals surface area contributed by atoms with Gasteiger partial charge in [-0.15, -0.1) is 0 Å². The molecular formula is C13H12Br2O2. The number of carbonyl (C=O) groups is 1. The van der Waals surface area contributed by atoms with E-state index in [0.29, 0.717) is 0 Å². The number of hydrogen-bond acceptors (Lipinski definition) is 2. The standard InChI is InChI=1S/C13H12Br2O2/c1-17-10(16)12-7-11(8-12,13(12,14)15)9-5-3-2-4-6-9/h2-6H,7-8H2,1H3. The summed E-state index contributed by atoms with van der Waals surface area (Å²) in [5.74, 6) is -0.121. The van der Waals surface area contributed by atoms with Crippen molar-refractivity contribution in [2.75, 3.05) is 7.11 Å². The maximum atomic E-state index is 11.9. The van der Waals surface area contributed by atoms with Crippen LogP contribution in [-0.2, 0) is 14.9 Å². The fourth-order valence-electron chi connectivity index (χ4n) is 3.28. The molecule has 3 saturated carbocycles. The zero-order chi connectivity index (χ0) is 12.3. The van der Waals surface area contributed by atoms with E-state index >= 15 is 0 Å². The van der Waals surface area contributed by atoms with E-state index in [0.717, 1.165) is 12.8 Å². The first-order valence-corrected chi connectivity index (χ1v) is 7.11. The lowest BCUT2D eigenvalue weighted by Crippen LogP contribution is -2.82. The Kier molecular flexibility index (Phi) is 2.31. The van der Waals surface area contributed by atoms with Gasteiger partial charge in [0.15, 0.2) is 0 Å². The molecule has 0 spiro atoms. The zero-order valence-corrected chi connectivity index (χ0v) is 12.5. The van der Waals surface area contributed by atoms with Crippen molar-refractivity contribution in [3.8, 4) is 0 Å². The van der Waals surface area contributed by atoms with Crippen LogP contribution in [0.3, 0.4) is 0 Å². The molecule has 0 amide bonds. The van der Waals surface area contributed by atoms with Crippen molar-refractivity contribution in [2.24, 2.45) is 5.41 Å². The molecule has 0 saturated heterocycles. The second-order valence-corrected chi connectivity index (χ2v) is 8.39. The number of ether oxygens (including phenoxy) is 1. The molecule has 3 aliphatic rings. The highest BCUT2D eigenvalue weighted by Gasteiger charge is 2.87. The second-order valence-electron chi connectivity index (χ2n) is 4.95. The lowest BCUT2D eigenvalue weighted by Gasteiger charge is -2.77. The van der Waals surface area contributed by atoms with E-state index in [-0.39, 0.29) is 14.6 Å². The summed E-state index contributed by atoms with van der Waals surface area (Å²) < 4.78 is 4.56. The maximum Gasteiger partial charge on any atom is 0.314 e. The molecule has 2 bridgehead atoms. The number of carbonyl (C=O) groups excluding carboxylic acids is 1. The third kappa shape index (κ3) is 1.09. The number of rotatable bonds is 2. The second kappa shape index (κ2) is 3.35. The molecule has 3 fully saturated rings. The smallest absolute Gasteiger partial charge is 0.314 e. The topological polar surface area (TPSA) is 26.3 Å². The van der Waals surface area contributed by atoms with Crippen molar-refractivity contribution in [3.05, 3.63) is 35.9 Å². The van der Waals surface area contributed by atoms with E-state index in [1.807, 2.05) is 18.2 Å². The summed E-state index contributed by atoms with van der Waals surface area (Å²) in [4.78, 5) is 11.9. The Bertz CT molecular complexity index is 475. The largest absolute Gasteiger partial charge is 0.469 e. The van der Waals surface area contributed by atoms with Crippen molar-refractivity contribution in [2.45, 2.75) is 21.5 Å². The number of alkyl halides is 2. The Labute approximate surface area is 117 Å². The molecule has 0 radical (unpaired) electrons. The van der Waals surface area contributed by atoms with Crippen molar-refractivity contribution in [3.63, 3.8) is 0 Å². The average Bonchev–Trinajstić information content (AvgIpc) is 2.28. The fraction of sp³-hybridized carbons (Fsp3) is 0.462. The zero-order valence-electron chi connectivity index (χ0n) is 9.37. The molecule has 0 N–H and O–H groups in total. The molecule has 4 heteroatoms. The van der Waals surface area contributed by atoms with Gasteiger partial charge in [-0.1, -0.05) is 62.2 Å². The first-order valence-electron chi connectivity index (χ1n) is 5.52. The third-order valence-electron chi connectivity index (χ3n) is 4.31. The molecule has 0 unspecified atom stereocenters. The lowest BCUT2D eigenvalue weighted by molar-refractivity contribution is -0.197. The minimum Gasteiger partial charge on any atom is -0.469 e. The maximum absolute atomic E-state index is 11.9. The monoisotopic (exact) mass is 358 g/mol.